The summed E-state index contributed by atoms with van der Waals surface area (Å²) in [7, 11) is 0. The fourth-order valence-electron chi connectivity index (χ4n) is 1.92. The van der Waals surface area contributed by atoms with Crippen LogP contribution in [0.4, 0.5) is 0 Å². The number of benzene rings is 1. The van der Waals surface area contributed by atoms with Crippen LogP contribution in [0.3, 0.4) is 0 Å². The second-order valence-electron chi connectivity index (χ2n) is 3.88. The molecule has 0 N–H and O–H groups in total. The zero-order valence-corrected chi connectivity index (χ0v) is 10.5. The van der Waals surface area contributed by atoms with Gasteiger partial charge in [-0.3, -0.25) is 4.40 Å². The van der Waals surface area contributed by atoms with Crippen LogP contribution in [0.5, 0.6) is 0 Å². The molecule has 3 aromatic rings. The van der Waals surface area contributed by atoms with Gasteiger partial charge in [-0.25, -0.2) is 4.98 Å². The number of aryl methyl sites for hydroxylation is 2. The van der Waals surface area contributed by atoms with Crippen molar-refractivity contribution in [2.24, 2.45) is 0 Å². The first-order valence-corrected chi connectivity index (χ1v) is 6.56. The third-order valence-corrected chi connectivity index (χ3v) is 3.87. The molecule has 1 aromatic carbocycles. The first-order valence-electron chi connectivity index (χ1n) is 5.21. The molecule has 2 nitrogen and oxygen atoms in total. The van der Waals surface area contributed by atoms with Crippen molar-refractivity contribution in [1.82, 2.24) is 9.38 Å². The summed E-state index contributed by atoms with van der Waals surface area (Å²) in [6.45, 7) is 2.02. The van der Waals surface area contributed by atoms with Gasteiger partial charge in [-0.05, 0) is 31.0 Å². The van der Waals surface area contributed by atoms with Gasteiger partial charge in [-0.2, -0.15) is 0 Å². The van der Waals surface area contributed by atoms with Gasteiger partial charge < -0.3 is 0 Å². The highest BCUT2D eigenvalue weighted by Gasteiger charge is 2.07. The van der Waals surface area contributed by atoms with E-state index < -0.39 is 0 Å². The lowest BCUT2D eigenvalue weighted by Gasteiger charge is -1.97. The van der Waals surface area contributed by atoms with Crippen LogP contribution in [0.1, 0.15) is 11.3 Å². The third-order valence-electron chi connectivity index (χ3n) is 2.66. The normalized spacial score (nSPS) is 11.6. The van der Waals surface area contributed by atoms with E-state index in [0.717, 1.165) is 17.1 Å². The molecule has 82 valence electrons. The van der Waals surface area contributed by atoms with Crippen molar-refractivity contribution in [3.63, 3.8) is 0 Å². The maximum absolute atomic E-state index is 5.75. The van der Waals surface area contributed by atoms with Gasteiger partial charge in [0.15, 0.2) is 4.96 Å². The molecule has 3 rings (SSSR count). The van der Waals surface area contributed by atoms with E-state index in [1.807, 2.05) is 6.92 Å². The number of thiazole rings is 1. The molecule has 2 aromatic heterocycles. The molecule has 4 heteroatoms. The number of imidazole rings is 1. The van der Waals surface area contributed by atoms with Crippen LogP contribution in [0.2, 0.25) is 0 Å². The van der Waals surface area contributed by atoms with Crippen LogP contribution in [-0.2, 0) is 6.42 Å². The van der Waals surface area contributed by atoms with Gasteiger partial charge >= 0.3 is 0 Å². The van der Waals surface area contributed by atoms with E-state index in [1.54, 1.807) is 11.3 Å². The molecule has 0 unspecified atom stereocenters. The fraction of sp³-hybridized carbons (Fsp3) is 0.250. The molecule has 0 radical (unpaired) electrons. The average molecular weight is 251 g/mol. The Morgan fingerprint density at radius 1 is 1.44 bits per heavy atom. The van der Waals surface area contributed by atoms with E-state index in [2.05, 4.69) is 33.8 Å². The molecule has 16 heavy (non-hydrogen) atoms. The Morgan fingerprint density at radius 2 is 2.31 bits per heavy atom. The smallest absolute Gasteiger partial charge is 0.194 e. The summed E-state index contributed by atoms with van der Waals surface area (Å²) in [6.07, 6.45) is 3.01. The van der Waals surface area contributed by atoms with Gasteiger partial charge in [0.1, 0.15) is 0 Å². The van der Waals surface area contributed by atoms with Crippen molar-refractivity contribution in [2.75, 3.05) is 5.88 Å². The predicted molar refractivity (Wildman–Crippen MR) is 69.7 cm³/mol. The van der Waals surface area contributed by atoms with Gasteiger partial charge in [-0.15, -0.1) is 11.6 Å². The number of hydrogen-bond acceptors (Lipinski definition) is 2. The first-order chi connectivity index (χ1) is 7.78. The van der Waals surface area contributed by atoms with Crippen LogP contribution >= 0.6 is 22.9 Å². The Labute approximate surface area is 102 Å². The fourth-order valence-corrected chi connectivity index (χ4v) is 3.26. The van der Waals surface area contributed by atoms with Gasteiger partial charge in [0, 0.05) is 12.1 Å². The number of rotatable bonds is 2. The molecule has 0 bridgehead atoms. The topological polar surface area (TPSA) is 17.3 Å². The number of hydrogen-bond donors (Lipinski definition) is 0. The Morgan fingerprint density at radius 3 is 3.12 bits per heavy atom. The van der Waals surface area contributed by atoms with Crippen LogP contribution < -0.4 is 0 Å². The molecular weight excluding hydrogens is 240 g/mol. The summed E-state index contributed by atoms with van der Waals surface area (Å²) in [5.74, 6) is 0.674. The summed E-state index contributed by atoms with van der Waals surface area (Å²) in [6, 6.07) is 6.51. The van der Waals surface area contributed by atoms with Gasteiger partial charge in [0.25, 0.3) is 0 Å². The molecule has 0 amide bonds. The number of nitrogens with zero attached hydrogens (tertiary/aromatic N) is 2. The Kier molecular flexibility index (Phi) is 2.37. The molecule has 0 fully saturated rings. The van der Waals surface area contributed by atoms with Crippen LogP contribution in [0.25, 0.3) is 15.2 Å². The van der Waals surface area contributed by atoms with E-state index in [9.17, 15) is 0 Å². The summed E-state index contributed by atoms with van der Waals surface area (Å²) < 4.78 is 3.44. The maximum Gasteiger partial charge on any atom is 0.194 e. The van der Waals surface area contributed by atoms with Crippen molar-refractivity contribution in [2.45, 2.75) is 13.3 Å². The minimum atomic E-state index is 0.674. The minimum absolute atomic E-state index is 0.674. The predicted octanol–water partition coefficient (Wildman–Crippen LogP) is 3.64. The largest absolute Gasteiger partial charge is 0.290 e. The second-order valence-corrected chi connectivity index (χ2v) is 5.27. The van der Waals surface area contributed by atoms with Gasteiger partial charge in [0.05, 0.1) is 15.9 Å². The molecule has 0 aliphatic carbocycles. The Bertz CT molecular complexity index is 653. The highest BCUT2D eigenvalue weighted by molar-refractivity contribution is 7.23. The van der Waals surface area contributed by atoms with E-state index in [4.69, 9.17) is 11.6 Å². The van der Waals surface area contributed by atoms with E-state index in [-0.39, 0.29) is 0 Å². The van der Waals surface area contributed by atoms with E-state index >= 15 is 0 Å². The van der Waals surface area contributed by atoms with Gasteiger partial charge in [-0.1, -0.05) is 17.4 Å². The molecule has 2 heterocycles. The first kappa shape index (κ1) is 10.1. The number of alkyl halides is 1. The lowest BCUT2D eigenvalue weighted by atomic mass is 10.2. The van der Waals surface area contributed by atoms with Crippen molar-refractivity contribution in [3.05, 3.63) is 35.7 Å². The zero-order valence-electron chi connectivity index (χ0n) is 8.90. The van der Waals surface area contributed by atoms with Crippen molar-refractivity contribution in [3.8, 4) is 0 Å². The molecule has 0 aliphatic rings. The highest BCUT2D eigenvalue weighted by atomic mass is 35.5. The molecule has 0 saturated heterocycles. The summed E-state index contributed by atoms with van der Waals surface area (Å²) in [5, 5.41) is 0. The lowest BCUT2D eigenvalue weighted by molar-refractivity contribution is 1.15. The zero-order chi connectivity index (χ0) is 11.1. The number of aromatic nitrogens is 2. The van der Waals surface area contributed by atoms with E-state index in [1.165, 1.54) is 15.8 Å². The minimum Gasteiger partial charge on any atom is -0.290 e. The lowest BCUT2D eigenvalue weighted by Crippen LogP contribution is -1.85. The quantitative estimate of drug-likeness (QED) is 0.635. The molecule has 0 spiro atoms. The Balaban J connectivity index is 2.25. The number of fused-ring (bicyclic) bond motifs is 3. The van der Waals surface area contributed by atoms with E-state index in [0.29, 0.717) is 5.88 Å². The van der Waals surface area contributed by atoms with Crippen molar-refractivity contribution < 1.29 is 0 Å². The van der Waals surface area contributed by atoms with Gasteiger partial charge in [0.2, 0.25) is 0 Å². The van der Waals surface area contributed by atoms with Crippen molar-refractivity contribution in [1.29, 1.82) is 0 Å². The molecule has 0 atom stereocenters. The number of halogens is 1. The SMILES string of the molecule is Cc1cn2c(n1)sc1cc(CCCl)ccc12. The molecule has 0 saturated carbocycles. The summed E-state index contributed by atoms with van der Waals surface area (Å²) in [4.78, 5) is 5.55. The second kappa shape index (κ2) is 3.75. The van der Waals surface area contributed by atoms with Crippen molar-refractivity contribution >= 4 is 38.1 Å². The third kappa shape index (κ3) is 1.51. The Hall–Kier alpha value is -1.06. The van der Waals surface area contributed by atoms with Crippen LogP contribution in [-0.4, -0.2) is 15.3 Å². The molecule has 0 aliphatic heterocycles. The summed E-state index contributed by atoms with van der Waals surface area (Å²) in [5.41, 5.74) is 3.60. The maximum atomic E-state index is 5.75. The monoisotopic (exact) mass is 250 g/mol. The highest BCUT2D eigenvalue weighted by Crippen LogP contribution is 2.27. The molecular formula is C12H11ClN2S. The standard InChI is InChI=1S/C12H11ClN2S/c1-8-7-15-10-3-2-9(4-5-13)6-11(10)16-12(15)14-8/h2-3,6-7H,4-5H2,1H3. The van der Waals surface area contributed by atoms with Crippen LogP contribution in [0.15, 0.2) is 24.4 Å². The average Bonchev–Trinajstić information content (AvgIpc) is 2.73. The summed E-state index contributed by atoms with van der Waals surface area (Å²) >= 11 is 7.48. The van der Waals surface area contributed by atoms with Crippen LogP contribution in [0, 0.1) is 6.92 Å².